The van der Waals surface area contributed by atoms with Crippen molar-refractivity contribution in [3.05, 3.63) is 53.9 Å². The van der Waals surface area contributed by atoms with E-state index >= 15 is 0 Å². The van der Waals surface area contributed by atoms with Crippen LogP contribution in [0.25, 0.3) is 10.9 Å². The summed E-state index contributed by atoms with van der Waals surface area (Å²) in [5.74, 6) is 1.75. The van der Waals surface area contributed by atoms with Gasteiger partial charge >= 0.3 is 5.97 Å². The summed E-state index contributed by atoms with van der Waals surface area (Å²) in [6.45, 7) is 3.88. The monoisotopic (exact) mass is 379 g/mol. The highest BCUT2D eigenvalue weighted by Crippen LogP contribution is 2.36. The topological polar surface area (TPSA) is 67.5 Å². The lowest BCUT2D eigenvalue weighted by Crippen LogP contribution is -2.34. The van der Waals surface area contributed by atoms with E-state index in [1.54, 1.807) is 25.4 Å². The molecule has 28 heavy (non-hydrogen) atoms. The number of carbonyl (C=O) groups is 1. The third kappa shape index (κ3) is 3.42. The molecule has 4 rings (SSSR count). The number of hydrogen-bond donors (Lipinski definition) is 1. The molecule has 0 bridgehead atoms. The molecule has 1 aromatic carbocycles. The molecule has 2 aromatic heterocycles. The zero-order chi connectivity index (χ0) is 19.5. The summed E-state index contributed by atoms with van der Waals surface area (Å²) in [7, 11) is 1.69. The summed E-state index contributed by atoms with van der Waals surface area (Å²) >= 11 is 0. The molecule has 6 heteroatoms. The van der Waals surface area contributed by atoms with Gasteiger partial charge in [0, 0.05) is 36.4 Å². The van der Waals surface area contributed by atoms with Crippen molar-refractivity contribution in [2.75, 3.05) is 31.7 Å². The standard InChI is InChI=1S/C22H25N3O3/c1-3-28-22(26)17-5-4-10-23-21(17)25-11-8-15(9-12-25)19-14-24-20-7-6-16(27-2)13-18(19)20/h4-7,10,13-15,24H,3,8-9,11-12H2,1-2H3. The Morgan fingerprint density at radius 1 is 1.29 bits per heavy atom. The fourth-order valence-electron chi connectivity index (χ4n) is 4.01. The first-order chi connectivity index (χ1) is 13.7. The van der Waals surface area contributed by atoms with E-state index < -0.39 is 0 Å². The Hall–Kier alpha value is -3.02. The first kappa shape index (κ1) is 18.3. The van der Waals surface area contributed by atoms with Crippen LogP contribution in [0.5, 0.6) is 5.75 Å². The van der Waals surface area contributed by atoms with Crippen LogP contribution < -0.4 is 9.64 Å². The summed E-state index contributed by atoms with van der Waals surface area (Å²) in [6.07, 6.45) is 5.86. The number of hydrogen-bond acceptors (Lipinski definition) is 5. The van der Waals surface area contributed by atoms with Gasteiger partial charge in [-0.15, -0.1) is 0 Å². The summed E-state index contributed by atoms with van der Waals surface area (Å²) in [5.41, 5.74) is 3.01. The quantitative estimate of drug-likeness (QED) is 0.675. The van der Waals surface area contributed by atoms with Crippen LogP contribution in [-0.4, -0.2) is 42.7 Å². The number of aromatic nitrogens is 2. The van der Waals surface area contributed by atoms with Crippen molar-refractivity contribution in [2.24, 2.45) is 0 Å². The molecule has 146 valence electrons. The lowest BCUT2D eigenvalue weighted by Gasteiger charge is -2.33. The van der Waals surface area contributed by atoms with Crippen LogP contribution in [0, 0.1) is 0 Å². The van der Waals surface area contributed by atoms with Gasteiger partial charge < -0.3 is 19.4 Å². The molecule has 6 nitrogen and oxygen atoms in total. The average Bonchev–Trinajstić information content (AvgIpc) is 3.17. The van der Waals surface area contributed by atoms with Crippen LogP contribution in [0.15, 0.2) is 42.7 Å². The maximum Gasteiger partial charge on any atom is 0.341 e. The maximum atomic E-state index is 12.3. The van der Waals surface area contributed by atoms with Crippen LogP contribution in [0.2, 0.25) is 0 Å². The zero-order valence-corrected chi connectivity index (χ0v) is 16.3. The minimum Gasteiger partial charge on any atom is -0.497 e. The van der Waals surface area contributed by atoms with Crippen LogP contribution in [0.4, 0.5) is 5.82 Å². The number of ether oxygens (including phenoxy) is 2. The van der Waals surface area contributed by atoms with Crippen molar-refractivity contribution in [1.82, 2.24) is 9.97 Å². The van der Waals surface area contributed by atoms with E-state index in [1.807, 2.05) is 13.0 Å². The van der Waals surface area contributed by atoms with Gasteiger partial charge in [0.2, 0.25) is 0 Å². The second kappa shape index (κ2) is 7.92. The molecule has 0 amide bonds. The van der Waals surface area contributed by atoms with Crippen molar-refractivity contribution in [3.63, 3.8) is 0 Å². The molecule has 0 atom stereocenters. The van der Waals surface area contributed by atoms with Gasteiger partial charge in [0.15, 0.2) is 0 Å². The number of piperidine rings is 1. The number of H-pyrrole nitrogens is 1. The van der Waals surface area contributed by atoms with Crippen LogP contribution in [-0.2, 0) is 4.74 Å². The van der Waals surface area contributed by atoms with Gasteiger partial charge in [0.1, 0.15) is 17.1 Å². The highest BCUT2D eigenvalue weighted by atomic mass is 16.5. The van der Waals surface area contributed by atoms with Crippen molar-refractivity contribution in [1.29, 1.82) is 0 Å². The molecule has 0 saturated carbocycles. The molecule has 1 saturated heterocycles. The minimum atomic E-state index is -0.309. The Kier molecular flexibility index (Phi) is 5.19. The summed E-state index contributed by atoms with van der Waals surface area (Å²) in [4.78, 5) is 22.3. The summed E-state index contributed by atoms with van der Waals surface area (Å²) < 4.78 is 10.6. The fourth-order valence-corrected chi connectivity index (χ4v) is 4.01. The van der Waals surface area contributed by atoms with Crippen molar-refractivity contribution < 1.29 is 14.3 Å². The summed E-state index contributed by atoms with van der Waals surface area (Å²) in [6, 6.07) is 9.71. The van der Waals surface area contributed by atoms with Gasteiger partial charge in [-0.3, -0.25) is 0 Å². The third-order valence-corrected chi connectivity index (χ3v) is 5.44. The van der Waals surface area contributed by atoms with E-state index in [-0.39, 0.29) is 5.97 Å². The number of esters is 1. The predicted octanol–water partition coefficient (Wildman–Crippen LogP) is 4.13. The number of carbonyl (C=O) groups excluding carboxylic acids is 1. The second-order valence-corrected chi connectivity index (χ2v) is 7.01. The first-order valence-electron chi connectivity index (χ1n) is 9.73. The highest BCUT2D eigenvalue weighted by molar-refractivity contribution is 5.94. The number of fused-ring (bicyclic) bond motifs is 1. The molecule has 1 aliphatic rings. The SMILES string of the molecule is CCOC(=O)c1cccnc1N1CCC(c2c[nH]c3ccc(OC)cc23)CC1. The van der Waals surface area contributed by atoms with Crippen molar-refractivity contribution in [2.45, 2.75) is 25.7 Å². The largest absolute Gasteiger partial charge is 0.497 e. The third-order valence-electron chi connectivity index (χ3n) is 5.44. The Morgan fingerprint density at radius 2 is 2.11 bits per heavy atom. The maximum absolute atomic E-state index is 12.3. The van der Waals surface area contributed by atoms with E-state index in [0.717, 1.165) is 43.0 Å². The molecule has 3 heterocycles. The van der Waals surface area contributed by atoms with E-state index in [0.29, 0.717) is 18.1 Å². The lowest BCUT2D eigenvalue weighted by molar-refractivity contribution is 0.0526. The fraction of sp³-hybridized carbons (Fsp3) is 0.364. The number of nitrogens with one attached hydrogen (secondary N) is 1. The summed E-state index contributed by atoms with van der Waals surface area (Å²) in [5, 5.41) is 1.22. The van der Waals surface area contributed by atoms with Gasteiger partial charge in [-0.1, -0.05) is 0 Å². The molecule has 1 fully saturated rings. The predicted molar refractivity (Wildman–Crippen MR) is 109 cm³/mol. The smallest absolute Gasteiger partial charge is 0.341 e. The normalized spacial score (nSPS) is 15.0. The van der Waals surface area contributed by atoms with Gasteiger partial charge in [-0.05, 0) is 61.6 Å². The number of rotatable bonds is 5. The molecule has 1 N–H and O–H groups in total. The zero-order valence-electron chi connectivity index (χ0n) is 16.3. The van der Waals surface area contributed by atoms with E-state index in [1.165, 1.54) is 10.9 Å². The number of anilines is 1. The Bertz CT molecular complexity index is 974. The number of pyridine rings is 1. The van der Waals surface area contributed by atoms with Crippen LogP contribution in [0.1, 0.15) is 41.6 Å². The van der Waals surface area contributed by atoms with Gasteiger partial charge in [-0.2, -0.15) is 0 Å². The molecule has 0 spiro atoms. The number of methoxy groups -OCH3 is 1. The molecule has 0 unspecified atom stereocenters. The van der Waals surface area contributed by atoms with E-state index in [2.05, 4.69) is 33.2 Å². The van der Waals surface area contributed by atoms with E-state index in [4.69, 9.17) is 9.47 Å². The lowest BCUT2D eigenvalue weighted by atomic mass is 9.89. The molecule has 0 radical (unpaired) electrons. The number of benzene rings is 1. The average molecular weight is 379 g/mol. The van der Waals surface area contributed by atoms with Crippen molar-refractivity contribution >= 4 is 22.7 Å². The minimum absolute atomic E-state index is 0.309. The van der Waals surface area contributed by atoms with Gasteiger partial charge in [-0.25, -0.2) is 9.78 Å². The molecular formula is C22H25N3O3. The Labute approximate surface area is 164 Å². The van der Waals surface area contributed by atoms with Crippen LogP contribution >= 0.6 is 0 Å². The number of nitrogens with zero attached hydrogens (tertiary/aromatic N) is 2. The van der Waals surface area contributed by atoms with Gasteiger partial charge in [0.25, 0.3) is 0 Å². The molecule has 1 aliphatic heterocycles. The molecule has 3 aromatic rings. The highest BCUT2D eigenvalue weighted by Gasteiger charge is 2.26. The van der Waals surface area contributed by atoms with Crippen LogP contribution in [0.3, 0.4) is 0 Å². The molecular weight excluding hydrogens is 354 g/mol. The second-order valence-electron chi connectivity index (χ2n) is 7.01. The number of aromatic amines is 1. The molecule has 0 aliphatic carbocycles. The van der Waals surface area contributed by atoms with Crippen molar-refractivity contribution in [3.8, 4) is 5.75 Å². The van der Waals surface area contributed by atoms with Gasteiger partial charge in [0.05, 0.1) is 13.7 Å². The Balaban J connectivity index is 1.52. The van der Waals surface area contributed by atoms with E-state index in [9.17, 15) is 4.79 Å². The first-order valence-corrected chi connectivity index (χ1v) is 9.73. The Morgan fingerprint density at radius 3 is 2.86 bits per heavy atom.